The smallest absolute Gasteiger partial charge is 0.410 e. The number of carbonyl (C=O) groups is 4. The van der Waals surface area contributed by atoms with E-state index in [0.717, 1.165) is 37.7 Å². The molecule has 2 aromatic rings. The van der Waals surface area contributed by atoms with Crippen LogP contribution in [0.25, 0.3) is 0 Å². The van der Waals surface area contributed by atoms with Gasteiger partial charge in [-0.15, -0.1) is 0 Å². The zero-order valence-electron chi connectivity index (χ0n) is 32.6. The number of hydrogen-bond donors (Lipinski definition) is 3. The third-order valence-corrected chi connectivity index (χ3v) is 10.4. The molecule has 1 heterocycles. The fourth-order valence-corrected chi connectivity index (χ4v) is 6.71. The summed E-state index contributed by atoms with van der Waals surface area (Å²) < 4.78 is 5.89. The number of rotatable bonds is 20. The molecule has 52 heavy (non-hydrogen) atoms. The second-order valence-corrected chi connectivity index (χ2v) is 15.3. The molecule has 1 aliphatic carbocycles. The standard InChI is InChI=1S/C40H64N6O6/c1-28(2)20-21-35(47)33(23-30-15-10-8-11-16-30)43-38(49)34(25-32-26-41-27-42-32)46(7)39(50)36(24-31-17-12-9-13-18-31)52-40(51)44(5)22-14-19-37(48)45(6)29(3)4/h9,12-13,17-18,26-30,33-36,47H,8,10-11,14-16,19-25H2,1-7H3,(H,41,42)(H,43,49)/t33-,34-,35-,36-/m0/s1. The number of aromatic nitrogens is 2. The predicted molar refractivity (Wildman–Crippen MR) is 202 cm³/mol. The van der Waals surface area contributed by atoms with Crippen LogP contribution in [0.2, 0.25) is 0 Å². The number of carbonyl (C=O) groups excluding carboxylic acids is 4. The van der Waals surface area contributed by atoms with E-state index in [-0.39, 0.29) is 43.7 Å². The van der Waals surface area contributed by atoms with Crippen LogP contribution in [-0.2, 0) is 32.0 Å². The lowest BCUT2D eigenvalue weighted by Gasteiger charge is -2.34. The first kappa shape index (κ1) is 42.5. The molecule has 12 heteroatoms. The van der Waals surface area contributed by atoms with Gasteiger partial charge >= 0.3 is 6.09 Å². The average molecular weight is 725 g/mol. The largest absolute Gasteiger partial charge is 0.436 e. The Kier molecular flexibility index (Phi) is 17.6. The summed E-state index contributed by atoms with van der Waals surface area (Å²) in [6.45, 7) is 8.39. The second kappa shape index (κ2) is 21.6. The third-order valence-electron chi connectivity index (χ3n) is 10.4. The number of H-pyrrole nitrogens is 1. The van der Waals surface area contributed by atoms with E-state index >= 15 is 0 Å². The van der Waals surface area contributed by atoms with Gasteiger partial charge in [0.2, 0.25) is 11.8 Å². The summed E-state index contributed by atoms with van der Waals surface area (Å²) in [5, 5.41) is 14.5. The van der Waals surface area contributed by atoms with Crippen molar-refractivity contribution in [3.05, 3.63) is 54.1 Å². The van der Waals surface area contributed by atoms with Gasteiger partial charge in [-0.25, -0.2) is 9.78 Å². The second-order valence-electron chi connectivity index (χ2n) is 15.3. The molecule has 1 saturated carbocycles. The Bertz CT molecular complexity index is 1360. The Labute approximate surface area is 311 Å². The molecule has 0 bridgehead atoms. The van der Waals surface area contributed by atoms with Crippen molar-refractivity contribution in [2.24, 2.45) is 11.8 Å². The number of imidazole rings is 1. The van der Waals surface area contributed by atoms with E-state index in [9.17, 15) is 24.3 Å². The van der Waals surface area contributed by atoms with Crippen molar-refractivity contribution < 1.29 is 29.0 Å². The lowest BCUT2D eigenvalue weighted by molar-refractivity contribution is -0.146. The highest BCUT2D eigenvalue weighted by Crippen LogP contribution is 2.29. The summed E-state index contributed by atoms with van der Waals surface area (Å²) >= 11 is 0. The summed E-state index contributed by atoms with van der Waals surface area (Å²) in [6, 6.07) is 7.92. The van der Waals surface area contributed by atoms with E-state index in [4.69, 9.17) is 4.74 Å². The van der Waals surface area contributed by atoms with Gasteiger partial charge < -0.3 is 34.8 Å². The minimum Gasteiger partial charge on any atom is -0.436 e. The minimum atomic E-state index is -1.22. The number of likely N-dealkylation sites (N-methyl/N-ethyl adjacent to an activating group) is 1. The summed E-state index contributed by atoms with van der Waals surface area (Å²) in [4.78, 5) is 66.1. The van der Waals surface area contributed by atoms with Crippen molar-refractivity contribution in [1.82, 2.24) is 30.0 Å². The van der Waals surface area contributed by atoms with E-state index in [1.807, 2.05) is 44.2 Å². The van der Waals surface area contributed by atoms with Crippen LogP contribution in [0.4, 0.5) is 4.79 Å². The van der Waals surface area contributed by atoms with Crippen LogP contribution in [0.3, 0.4) is 0 Å². The van der Waals surface area contributed by atoms with Gasteiger partial charge in [-0.2, -0.15) is 0 Å². The zero-order valence-corrected chi connectivity index (χ0v) is 32.6. The molecular formula is C40H64N6O6. The number of aromatic amines is 1. The molecule has 12 nitrogen and oxygen atoms in total. The topological polar surface area (TPSA) is 148 Å². The number of benzene rings is 1. The van der Waals surface area contributed by atoms with Crippen molar-refractivity contribution in [1.29, 1.82) is 0 Å². The molecule has 290 valence electrons. The number of nitrogens with zero attached hydrogens (tertiary/aromatic N) is 4. The fourth-order valence-electron chi connectivity index (χ4n) is 6.71. The summed E-state index contributed by atoms with van der Waals surface area (Å²) in [6.07, 6.45) is 9.27. The first-order valence-corrected chi connectivity index (χ1v) is 19.2. The monoisotopic (exact) mass is 724 g/mol. The Morgan fingerprint density at radius 3 is 2.27 bits per heavy atom. The molecule has 0 saturated heterocycles. The highest BCUT2D eigenvalue weighted by Gasteiger charge is 2.36. The zero-order chi connectivity index (χ0) is 38.2. The van der Waals surface area contributed by atoms with Gasteiger partial charge in [0.25, 0.3) is 5.91 Å². The van der Waals surface area contributed by atoms with Crippen molar-refractivity contribution >= 4 is 23.8 Å². The summed E-state index contributed by atoms with van der Waals surface area (Å²) in [7, 11) is 4.89. The van der Waals surface area contributed by atoms with Gasteiger partial charge in [-0.1, -0.05) is 76.3 Å². The molecule has 1 aromatic carbocycles. The van der Waals surface area contributed by atoms with E-state index < -0.39 is 36.3 Å². The molecule has 1 aromatic heterocycles. The van der Waals surface area contributed by atoms with E-state index in [1.165, 1.54) is 22.5 Å². The number of hydrogen-bond acceptors (Lipinski definition) is 7. The highest BCUT2D eigenvalue weighted by atomic mass is 16.6. The molecule has 1 fully saturated rings. The van der Waals surface area contributed by atoms with Gasteiger partial charge in [0.1, 0.15) is 6.04 Å². The van der Waals surface area contributed by atoms with Crippen molar-refractivity contribution in [3.8, 4) is 0 Å². The van der Waals surface area contributed by atoms with Crippen molar-refractivity contribution in [2.45, 2.75) is 135 Å². The molecule has 0 aliphatic heterocycles. The lowest BCUT2D eigenvalue weighted by Crippen LogP contribution is -2.56. The molecule has 0 spiro atoms. The van der Waals surface area contributed by atoms with Gasteiger partial charge in [0, 0.05) is 59.2 Å². The molecule has 0 unspecified atom stereocenters. The number of aliphatic hydroxyl groups is 1. The van der Waals surface area contributed by atoms with Crippen LogP contribution in [-0.4, -0.2) is 112 Å². The van der Waals surface area contributed by atoms with Crippen LogP contribution in [0.15, 0.2) is 42.9 Å². The van der Waals surface area contributed by atoms with E-state index in [2.05, 4.69) is 29.1 Å². The van der Waals surface area contributed by atoms with Gasteiger partial charge in [0.05, 0.1) is 24.2 Å². The maximum absolute atomic E-state index is 14.4. The third kappa shape index (κ3) is 13.9. The number of ether oxygens (including phenoxy) is 1. The minimum absolute atomic E-state index is 0.00910. The lowest BCUT2D eigenvalue weighted by atomic mass is 9.83. The summed E-state index contributed by atoms with van der Waals surface area (Å²) in [5.74, 6) is -0.0994. The number of aliphatic hydroxyl groups excluding tert-OH is 1. The highest BCUT2D eigenvalue weighted by molar-refractivity contribution is 5.90. The van der Waals surface area contributed by atoms with Gasteiger partial charge in [0.15, 0.2) is 6.10 Å². The normalized spacial score (nSPS) is 15.8. The first-order valence-electron chi connectivity index (χ1n) is 19.2. The Hall–Kier alpha value is -3.93. The summed E-state index contributed by atoms with van der Waals surface area (Å²) in [5.41, 5.74) is 1.39. The van der Waals surface area contributed by atoms with Crippen molar-refractivity contribution in [2.75, 3.05) is 27.7 Å². The molecule has 4 amide bonds. The van der Waals surface area contributed by atoms with Crippen LogP contribution in [0.1, 0.15) is 103 Å². The van der Waals surface area contributed by atoms with E-state index in [1.54, 1.807) is 32.2 Å². The molecular weight excluding hydrogens is 660 g/mol. The van der Waals surface area contributed by atoms with Crippen LogP contribution in [0, 0.1) is 11.8 Å². The Morgan fingerprint density at radius 2 is 1.65 bits per heavy atom. The Morgan fingerprint density at radius 1 is 0.962 bits per heavy atom. The first-order chi connectivity index (χ1) is 24.8. The SMILES string of the molecule is CC(C)CC[C@H](O)[C@H](CC1CCCCC1)NC(=O)[C@H](Cc1c[nH]cn1)N(C)C(=O)[C@H](Cc1ccccc1)OC(=O)N(C)CCCC(=O)N(C)C(C)C. The maximum Gasteiger partial charge on any atom is 0.410 e. The average Bonchev–Trinajstić information content (AvgIpc) is 3.65. The molecule has 1 aliphatic rings. The van der Waals surface area contributed by atoms with Gasteiger partial charge in [-0.05, 0) is 56.9 Å². The van der Waals surface area contributed by atoms with Crippen LogP contribution in [0.5, 0.6) is 0 Å². The van der Waals surface area contributed by atoms with Crippen molar-refractivity contribution in [3.63, 3.8) is 0 Å². The van der Waals surface area contributed by atoms with Gasteiger partial charge in [-0.3, -0.25) is 14.4 Å². The van der Waals surface area contributed by atoms with E-state index in [0.29, 0.717) is 36.8 Å². The molecule has 3 rings (SSSR count). The number of nitrogens with one attached hydrogen (secondary N) is 2. The predicted octanol–water partition coefficient (Wildman–Crippen LogP) is 5.36. The number of amides is 4. The van der Waals surface area contributed by atoms with Crippen LogP contribution >= 0.6 is 0 Å². The molecule has 0 radical (unpaired) electrons. The maximum atomic E-state index is 14.4. The van der Waals surface area contributed by atoms with Crippen LogP contribution < -0.4 is 5.32 Å². The fraction of sp³-hybridized carbons (Fsp3) is 0.675. The molecule has 3 N–H and O–H groups in total. The molecule has 4 atom stereocenters. The quantitative estimate of drug-likeness (QED) is 0.167. The Balaban J connectivity index is 1.82.